The molecule has 1 heterocycles. The minimum absolute atomic E-state index is 0.160. The van der Waals surface area contributed by atoms with Crippen LogP contribution in [0.4, 0.5) is 0 Å². The second kappa shape index (κ2) is 6.20. The van der Waals surface area contributed by atoms with E-state index < -0.39 is 18.1 Å². The maximum Gasteiger partial charge on any atom is 0.287 e. The van der Waals surface area contributed by atoms with E-state index in [4.69, 9.17) is 4.42 Å². The van der Waals surface area contributed by atoms with Gasteiger partial charge in [0, 0.05) is 13.6 Å². The third-order valence-corrected chi connectivity index (χ3v) is 2.38. The summed E-state index contributed by atoms with van der Waals surface area (Å²) in [6.45, 7) is 3.40. The highest BCUT2D eigenvalue weighted by molar-refractivity contribution is 5.95. The Labute approximate surface area is 106 Å². The van der Waals surface area contributed by atoms with Crippen molar-refractivity contribution in [2.45, 2.75) is 26.0 Å². The number of amides is 2. The van der Waals surface area contributed by atoms with E-state index in [0.717, 1.165) is 0 Å². The van der Waals surface area contributed by atoms with Crippen molar-refractivity contribution < 1.29 is 19.1 Å². The molecule has 0 aliphatic rings. The van der Waals surface area contributed by atoms with E-state index in [0.29, 0.717) is 0 Å². The molecule has 0 saturated heterocycles. The number of likely N-dealkylation sites (N-methyl/N-ethyl adjacent to an activating group) is 1. The van der Waals surface area contributed by atoms with Crippen molar-refractivity contribution in [3.8, 4) is 0 Å². The number of furan rings is 1. The van der Waals surface area contributed by atoms with E-state index in [-0.39, 0.29) is 18.2 Å². The molecule has 1 aromatic heterocycles. The smallest absolute Gasteiger partial charge is 0.287 e. The zero-order valence-corrected chi connectivity index (χ0v) is 10.7. The first-order chi connectivity index (χ1) is 8.41. The molecule has 1 aromatic rings. The zero-order chi connectivity index (χ0) is 13.7. The lowest BCUT2D eigenvalue weighted by atomic mass is 10.2. The molecule has 2 amide bonds. The molecule has 0 aliphatic carbocycles. The van der Waals surface area contributed by atoms with Gasteiger partial charge < -0.3 is 19.7 Å². The molecular weight excluding hydrogens is 236 g/mol. The van der Waals surface area contributed by atoms with Gasteiger partial charge >= 0.3 is 0 Å². The van der Waals surface area contributed by atoms with Crippen LogP contribution in [0.25, 0.3) is 0 Å². The highest BCUT2D eigenvalue weighted by Gasteiger charge is 2.21. The summed E-state index contributed by atoms with van der Waals surface area (Å²) in [5.41, 5.74) is 0. The minimum Gasteiger partial charge on any atom is -0.459 e. The van der Waals surface area contributed by atoms with Crippen LogP contribution in [0.15, 0.2) is 22.8 Å². The normalized spacial score (nSPS) is 13.8. The first kappa shape index (κ1) is 14.2. The first-order valence-electron chi connectivity index (χ1n) is 5.69. The molecule has 6 heteroatoms. The molecule has 0 saturated carbocycles. The number of rotatable bonds is 5. The van der Waals surface area contributed by atoms with Crippen molar-refractivity contribution in [3.05, 3.63) is 24.2 Å². The minimum atomic E-state index is -0.675. The molecule has 2 N–H and O–H groups in total. The van der Waals surface area contributed by atoms with Crippen LogP contribution in [0, 0.1) is 0 Å². The summed E-state index contributed by atoms with van der Waals surface area (Å²) in [5, 5.41) is 11.7. The van der Waals surface area contributed by atoms with E-state index >= 15 is 0 Å². The van der Waals surface area contributed by atoms with Gasteiger partial charge in [0.15, 0.2) is 5.76 Å². The van der Waals surface area contributed by atoms with Crippen LogP contribution in [-0.2, 0) is 4.79 Å². The predicted molar refractivity (Wildman–Crippen MR) is 65.0 cm³/mol. The van der Waals surface area contributed by atoms with Crippen molar-refractivity contribution in [3.63, 3.8) is 0 Å². The molecule has 0 bridgehead atoms. The third kappa shape index (κ3) is 3.89. The van der Waals surface area contributed by atoms with Gasteiger partial charge in [-0.05, 0) is 26.0 Å². The lowest BCUT2D eigenvalue weighted by Gasteiger charge is -2.22. The third-order valence-electron chi connectivity index (χ3n) is 2.38. The van der Waals surface area contributed by atoms with Crippen LogP contribution >= 0.6 is 0 Å². The van der Waals surface area contributed by atoms with E-state index in [1.165, 1.54) is 17.2 Å². The van der Waals surface area contributed by atoms with Gasteiger partial charge in [0.2, 0.25) is 5.91 Å². The standard InChI is InChI=1S/C12H18N2O4/c1-8(15)7-14(3)12(17)9(2)13-11(16)10-5-4-6-18-10/h4-6,8-9,15H,7H2,1-3H3,(H,13,16). The van der Waals surface area contributed by atoms with E-state index in [1.807, 2.05) is 0 Å². The molecular formula is C12H18N2O4. The molecule has 6 nitrogen and oxygen atoms in total. The molecule has 0 fully saturated rings. The van der Waals surface area contributed by atoms with Crippen molar-refractivity contribution >= 4 is 11.8 Å². The Morgan fingerprint density at radius 3 is 2.67 bits per heavy atom. The summed E-state index contributed by atoms with van der Waals surface area (Å²) >= 11 is 0. The topological polar surface area (TPSA) is 82.8 Å². The SMILES string of the molecule is CC(O)CN(C)C(=O)C(C)NC(=O)c1ccco1. The molecule has 2 unspecified atom stereocenters. The summed E-state index contributed by atoms with van der Waals surface area (Å²) < 4.78 is 4.92. The number of nitrogens with zero attached hydrogens (tertiary/aromatic N) is 1. The average molecular weight is 254 g/mol. The number of aliphatic hydroxyl groups is 1. The zero-order valence-electron chi connectivity index (χ0n) is 10.7. The largest absolute Gasteiger partial charge is 0.459 e. The highest BCUT2D eigenvalue weighted by Crippen LogP contribution is 2.01. The molecule has 100 valence electrons. The fraction of sp³-hybridized carbons (Fsp3) is 0.500. The van der Waals surface area contributed by atoms with E-state index in [2.05, 4.69) is 5.32 Å². The van der Waals surface area contributed by atoms with Crippen molar-refractivity contribution in [2.24, 2.45) is 0 Å². The molecule has 0 spiro atoms. The number of nitrogens with one attached hydrogen (secondary N) is 1. The van der Waals surface area contributed by atoms with E-state index in [9.17, 15) is 14.7 Å². The molecule has 0 radical (unpaired) electrons. The lowest BCUT2D eigenvalue weighted by Crippen LogP contribution is -2.47. The molecule has 0 aliphatic heterocycles. The average Bonchev–Trinajstić information content (AvgIpc) is 2.80. The van der Waals surface area contributed by atoms with Crippen molar-refractivity contribution in [2.75, 3.05) is 13.6 Å². The molecule has 1 rings (SSSR count). The summed E-state index contributed by atoms with van der Waals surface area (Å²) in [6.07, 6.45) is 0.785. The van der Waals surface area contributed by atoms with Crippen molar-refractivity contribution in [1.29, 1.82) is 0 Å². The molecule has 2 atom stereocenters. The van der Waals surface area contributed by atoms with Gasteiger partial charge in [0.05, 0.1) is 12.4 Å². The van der Waals surface area contributed by atoms with Crippen molar-refractivity contribution in [1.82, 2.24) is 10.2 Å². The Bertz CT molecular complexity index is 400. The molecule has 0 aromatic carbocycles. The van der Waals surface area contributed by atoms with Crippen LogP contribution in [0.1, 0.15) is 24.4 Å². The number of hydrogen-bond donors (Lipinski definition) is 2. The summed E-state index contributed by atoms with van der Waals surface area (Å²) in [4.78, 5) is 24.9. The maximum absolute atomic E-state index is 11.9. The Morgan fingerprint density at radius 2 is 2.17 bits per heavy atom. The monoisotopic (exact) mass is 254 g/mol. The first-order valence-corrected chi connectivity index (χ1v) is 5.69. The van der Waals surface area contributed by atoms with Crippen LogP contribution in [0.3, 0.4) is 0 Å². The maximum atomic E-state index is 11.9. The highest BCUT2D eigenvalue weighted by atomic mass is 16.3. The number of carbonyl (C=O) groups excluding carboxylic acids is 2. The van der Waals surface area contributed by atoms with Gasteiger partial charge in [-0.25, -0.2) is 0 Å². The number of hydrogen-bond acceptors (Lipinski definition) is 4. The van der Waals surface area contributed by atoms with Crippen LogP contribution in [0.5, 0.6) is 0 Å². The summed E-state index contributed by atoms with van der Waals surface area (Å²) in [7, 11) is 1.57. The van der Waals surface area contributed by atoms with Gasteiger partial charge in [-0.2, -0.15) is 0 Å². The Hall–Kier alpha value is -1.82. The fourth-order valence-corrected chi connectivity index (χ4v) is 1.55. The van der Waals surface area contributed by atoms with Crippen LogP contribution in [0.2, 0.25) is 0 Å². The van der Waals surface area contributed by atoms with E-state index in [1.54, 1.807) is 27.0 Å². The van der Waals surface area contributed by atoms with Gasteiger partial charge in [-0.1, -0.05) is 0 Å². The predicted octanol–water partition coefficient (Wildman–Crippen LogP) is 0.237. The Balaban J connectivity index is 2.52. The second-order valence-corrected chi connectivity index (χ2v) is 4.24. The van der Waals surface area contributed by atoms with Crippen LogP contribution in [-0.4, -0.2) is 47.6 Å². The fourth-order valence-electron chi connectivity index (χ4n) is 1.55. The van der Waals surface area contributed by atoms with Gasteiger partial charge in [0.25, 0.3) is 5.91 Å². The Kier molecular flexibility index (Phi) is 4.91. The second-order valence-electron chi connectivity index (χ2n) is 4.24. The molecule has 18 heavy (non-hydrogen) atoms. The van der Waals surface area contributed by atoms with Crippen LogP contribution < -0.4 is 5.32 Å². The Morgan fingerprint density at radius 1 is 1.50 bits per heavy atom. The quantitative estimate of drug-likeness (QED) is 0.788. The summed E-state index contributed by atoms with van der Waals surface area (Å²) in [6, 6.07) is 2.44. The van der Waals surface area contributed by atoms with Gasteiger partial charge in [-0.3, -0.25) is 9.59 Å². The number of aliphatic hydroxyl groups excluding tert-OH is 1. The van der Waals surface area contributed by atoms with Gasteiger partial charge in [0.1, 0.15) is 6.04 Å². The van der Waals surface area contributed by atoms with Gasteiger partial charge in [-0.15, -0.1) is 0 Å². The summed E-state index contributed by atoms with van der Waals surface area (Å²) in [5.74, 6) is -0.546. The number of carbonyl (C=O) groups is 2. The lowest BCUT2D eigenvalue weighted by molar-refractivity contribution is -0.132.